The summed E-state index contributed by atoms with van der Waals surface area (Å²) in [5.74, 6) is 2.25. The average Bonchev–Trinajstić information content (AvgIpc) is 3.19. The minimum absolute atomic E-state index is 0.0596. The fraction of sp³-hybridized carbons (Fsp3) is 0.333. The van der Waals surface area contributed by atoms with Crippen molar-refractivity contribution in [1.82, 2.24) is 16.0 Å². The van der Waals surface area contributed by atoms with Crippen molar-refractivity contribution in [2.75, 3.05) is 26.9 Å². The second-order valence-electron chi connectivity index (χ2n) is 6.35. The van der Waals surface area contributed by atoms with E-state index in [1.54, 1.807) is 7.05 Å². The number of rotatable bonds is 7. The summed E-state index contributed by atoms with van der Waals surface area (Å²) in [6.07, 6.45) is 0.837. The maximum atomic E-state index is 12.0. The number of benzene rings is 2. The molecular formula is C21H26N4O3. The maximum absolute atomic E-state index is 12.0. The van der Waals surface area contributed by atoms with E-state index in [1.165, 1.54) is 5.56 Å². The van der Waals surface area contributed by atoms with Gasteiger partial charge in [0.25, 0.3) is 5.91 Å². The quantitative estimate of drug-likeness (QED) is 0.504. The van der Waals surface area contributed by atoms with Gasteiger partial charge in [0, 0.05) is 32.2 Å². The molecule has 0 radical (unpaired) electrons. The second kappa shape index (κ2) is 9.64. The van der Waals surface area contributed by atoms with Gasteiger partial charge in [0.15, 0.2) is 17.5 Å². The highest BCUT2D eigenvalue weighted by molar-refractivity contribution is 5.94. The molecule has 0 spiro atoms. The summed E-state index contributed by atoms with van der Waals surface area (Å²) in [4.78, 5) is 16.2. The fourth-order valence-corrected chi connectivity index (χ4v) is 2.91. The molecule has 28 heavy (non-hydrogen) atoms. The predicted octanol–water partition coefficient (Wildman–Crippen LogP) is 2.07. The molecule has 0 saturated heterocycles. The van der Waals surface area contributed by atoms with Crippen molar-refractivity contribution in [1.29, 1.82) is 0 Å². The normalized spacial score (nSPS) is 12.6. The van der Waals surface area contributed by atoms with Crippen molar-refractivity contribution >= 4 is 11.9 Å². The van der Waals surface area contributed by atoms with Crippen LogP contribution in [0.2, 0.25) is 0 Å². The molecule has 148 valence electrons. The third-order valence-corrected chi connectivity index (χ3v) is 4.35. The van der Waals surface area contributed by atoms with Crippen LogP contribution in [0.15, 0.2) is 47.5 Å². The third kappa shape index (κ3) is 5.16. The molecule has 7 heteroatoms. The molecular weight excluding hydrogens is 356 g/mol. The second-order valence-corrected chi connectivity index (χ2v) is 6.35. The highest BCUT2D eigenvalue weighted by Gasteiger charge is 2.13. The fourth-order valence-electron chi connectivity index (χ4n) is 2.91. The lowest BCUT2D eigenvalue weighted by atomic mass is 10.1. The lowest BCUT2D eigenvalue weighted by molar-refractivity contribution is 0.0955. The molecule has 3 N–H and O–H groups in total. The molecule has 0 atom stereocenters. The Morgan fingerprint density at radius 2 is 1.89 bits per heavy atom. The van der Waals surface area contributed by atoms with Crippen LogP contribution in [0.25, 0.3) is 0 Å². The van der Waals surface area contributed by atoms with E-state index < -0.39 is 0 Å². The first-order valence-electron chi connectivity index (χ1n) is 9.39. The van der Waals surface area contributed by atoms with Crippen LogP contribution < -0.4 is 25.4 Å². The molecule has 0 saturated carbocycles. The zero-order valence-corrected chi connectivity index (χ0v) is 16.2. The van der Waals surface area contributed by atoms with Crippen molar-refractivity contribution in [2.24, 2.45) is 4.99 Å². The Kier molecular flexibility index (Phi) is 6.73. The Balaban J connectivity index is 1.47. The summed E-state index contributed by atoms with van der Waals surface area (Å²) < 4.78 is 10.7. The van der Waals surface area contributed by atoms with Gasteiger partial charge >= 0.3 is 0 Å². The number of nitrogens with zero attached hydrogens (tertiary/aromatic N) is 1. The molecule has 1 amide bonds. The van der Waals surface area contributed by atoms with E-state index in [9.17, 15) is 4.79 Å². The van der Waals surface area contributed by atoms with E-state index in [1.807, 2.05) is 49.4 Å². The Morgan fingerprint density at radius 3 is 2.71 bits per heavy atom. The van der Waals surface area contributed by atoms with Gasteiger partial charge in [0.1, 0.15) is 0 Å². The molecule has 0 unspecified atom stereocenters. The summed E-state index contributed by atoms with van der Waals surface area (Å²) in [5, 5.41) is 9.39. The smallest absolute Gasteiger partial charge is 0.251 e. The first kappa shape index (κ1) is 19.5. The molecule has 1 aliphatic heterocycles. The van der Waals surface area contributed by atoms with Crippen LogP contribution in [0.4, 0.5) is 0 Å². The molecule has 7 nitrogen and oxygen atoms in total. The van der Waals surface area contributed by atoms with Gasteiger partial charge in [0.05, 0.1) is 0 Å². The van der Waals surface area contributed by atoms with E-state index >= 15 is 0 Å². The van der Waals surface area contributed by atoms with Crippen molar-refractivity contribution < 1.29 is 14.3 Å². The van der Waals surface area contributed by atoms with Gasteiger partial charge in [-0.1, -0.05) is 18.2 Å². The number of hydrogen-bond donors (Lipinski definition) is 3. The van der Waals surface area contributed by atoms with Crippen LogP contribution in [0.5, 0.6) is 11.5 Å². The van der Waals surface area contributed by atoms with Gasteiger partial charge in [0.2, 0.25) is 6.79 Å². The maximum Gasteiger partial charge on any atom is 0.251 e. The first-order valence-corrected chi connectivity index (χ1v) is 9.39. The van der Waals surface area contributed by atoms with Gasteiger partial charge < -0.3 is 25.4 Å². The lowest BCUT2D eigenvalue weighted by Crippen LogP contribution is -2.37. The molecule has 0 aliphatic carbocycles. The molecule has 0 aromatic heterocycles. The van der Waals surface area contributed by atoms with Crippen molar-refractivity contribution in [3.05, 3.63) is 59.2 Å². The number of ether oxygens (including phenoxy) is 2. The van der Waals surface area contributed by atoms with Crippen LogP contribution in [0.3, 0.4) is 0 Å². The monoisotopic (exact) mass is 382 g/mol. The van der Waals surface area contributed by atoms with E-state index in [0.29, 0.717) is 24.6 Å². The first-order chi connectivity index (χ1) is 13.7. The summed E-state index contributed by atoms with van der Waals surface area (Å²) in [6, 6.07) is 13.6. The topological polar surface area (TPSA) is 84.0 Å². The minimum atomic E-state index is -0.0596. The number of fused-ring (bicyclic) bond motifs is 1. The summed E-state index contributed by atoms with van der Waals surface area (Å²) in [6.45, 7) is 4.12. The largest absolute Gasteiger partial charge is 0.454 e. The zero-order chi connectivity index (χ0) is 19.8. The average molecular weight is 382 g/mol. The Labute approximate surface area is 165 Å². The number of hydrogen-bond acceptors (Lipinski definition) is 4. The number of amides is 1. The highest BCUT2D eigenvalue weighted by Crippen LogP contribution is 2.32. The molecule has 1 aliphatic rings. The van der Waals surface area contributed by atoms with Crippen LogP contribution in [0.1, 0.15) is 28.4 Å². The Bertz CT molecular complexity index is 851. The zero-order valence-electron chi connectivity index (χ0n) is 16.2. The SMILES string of the molecule is CCNC(=O)c1cccc(CNC(=NC)NCCc2ccc3c(c2)OCO3)c1. The van der Waals surface area contributed by atoms with E-state index in [2.05, 4.69) is 20.9 Å². The van der Waals surface area contributed by atoms with E-state index in [-0.39, 0.29) is 12.7 Å². The van der Waals surface area contributed by atoms with Crippen LogP contribution in [-0.2, 0) is 13.0 Å². The van der Waals surface area contributed by atoms with E-state index in [4.69, 9.17) is 9.47 Å². The number of aliphatic imine (C=N–C) groups is 1. The number of carbonyl (C=O) groups excluding carboxylic acids is 1. The van der Waals surface area contributed by atoms with E-state index in [0.717, 1.165) is 30.0 Å². The minimum Gasteiger partial charge on any atom is -0.454 e. The predicted molar refractivity (Wildman–Crippen MR) is 109 cm³/mol. The van der Waals surface area contributed by atoms with Gasteiger partial charge in [-0.05, 0) is 48.7 Å². The van der Waals surface area contributed by atoms with Crippen molar-refractivity contribution in [2.45, 2.75) is 19.9 Å². The van der Waals surface area contributed by atoms with Gasteiger partial charge in [-0.2, -0.15) is 0 Å². The molecule has 2 aromatic rings. The van der Waals surface area contributed by atoms with Crippen LogP contribution in [-0.4, -0.2) is 38.8 Å². The van der Waals surface area contributed by atoms with Crippen molar-refractivity contribution in [3.8, 4) is 11.5 Å². The number of carbonyl (C=O) groups is 1. The molecule has 3 rings (SSSR count). The standard InChI is InChI=1S/C21H26N4O3/c1-3-23-20(26)17-6-4-5-16(11-17)13-25-21(22-2)24-10-9-15-7-8-18-19(12-15)28-14-27-18/h4-8,11-12H,3,9-10,13-14H2,1-2H3,(H,23,26)(H2,22,24,25). The van der Waals surface area contributed by atoms with Gasteiger partial charge in [-0.25, -0.2) is 0 Å². The summed E-state index contributed by atoms with van der Waals surface area (Å²) in [7, 11) is 1.74. The van der Waals surface area contributed by atoms with Crippen LogP contribution in [0, 0.1) is 0 Å². The Morgan fingerprint density at radius 1 is 1.04 bits per heavy atom. The highest BCUT2D eigenvalue weighted by atomic mass is 16.7. The number of nitrogens with one attached hydrogen (secondary N) is 3. The summed E-state index contributed by atoms with van der Waals surface area (Å²) in [5.41, 5.74) is 2.84. The molecule has 0 bridgehead atoms. The van der Waals surface area contributed by atoms with Gasteiger partial charge in [-0.15, -0.1) is 0 Å². The lowest BCUT2D eigenvalue weighted by Gasteiger charge is -2.13. The molecule has 1 heterocycles. The third-order valence-electron chi connectivity index (χ3n) is 4.35. The van der Waals surface area contributed by atoms with Crippen molar-refractivity contribution in [3.63, 3.8) is 0 Å². The number of guanidine groups is 1. The Hall–Kier alpha value is -3.22. The molecule has 0 fully saturated rings. The van der Waals surface area contributed by atoms with Gasteiger partial charge in [-0.3, -0.25) is 9.79 Å². The summed E-state index contributed by atoms with van der Waals surface area (Å²) >= 11 is 0. The van der Waals surface area contributed by atoms with Crippen LogP contribution >= 0.6 is 0 Å². The molecule has 2 aromatic carbocycles.